The minimum absolute atomic E-state index is 0.0130. The average molecular weight is 1210 g/mol. The molecule has 480 valence electrons. The van der Waals surface area contributed by atoms with Gasteiger partial charge in [0.2, 0.25) is 65.0 Å². The van der Waals surface area contributed by atoms with Gasteiger partial charge in [0.05, 0.1) is 13.2 Å². The van der Waals surface area contributed by atoms with Crippen LogP contribution in [0.25, 0.3) is 0 Å². The molecule has 0 aliphatic carbocycles. The maximum Gasteiger partial charge on any atom is 0.329 e. The molecule has 16 atom stereocenters. The number of esters is 1. The molecule has 0 aromatic heterocycles. The fourth-order valence-electron chi connectivity index (χ4n) is 9.24. The third-order valence-corrected chi connectivity index (χ3v) is 15.7. The van der Waals surface area contributed by atoms with Crippen molar-refractivity contribution in [2.75, 3.05) is 19.8 Å². The third kappa shape index (κ3) is 22.2. The van der Waals surface area contributed by atoms with E-state index < -0.39 is 193 Å². The largest absolute Gasteiger partial charge is 0.458 e. The van der Waals surface area contributed by atoms with Crippen molar-refractivity contribution in [3.8, 4) is 0 Å². The van der Waals surface area contributed by atoms with Gasteiger partial charge in [-0.05, 0) is 62.3 Å². The molecule has 29 heteroatoms. The van der Waals surface area contributed by atoms with Crippen molar-refractivity contribution in [2.45, 2.75) is 200 Å². The Labute approximate surface area is 501 Å². The SMILES string of the molecule is CC[C@H](C)C1NC(=O)[C@H](C[C@H]2CNC(=N)N2)NC(=O)[C@H](C)NC(=O)[C@H](NC(=O)[C@H](CO)NC(=O)[C@@H](NC(=O)[C@H](NC(=O)[C@@H](CCC(N)=O)NC(=O)[C@H](CO)NC(=O)[C@@H](NC(=O)CCc2ccccc2)[C@@H](C)CC)[C@@H](C)CC)[C@@H](C)CC)[C@H](C)OC1=O. The second-order valence-corrected chi connectivity index (χ2v) is 22.3. The number of nitrogens with one attached hydrogen (secondary N) is 13. The van der Waals surface area contributed by atoms with Gasteiger partial charge >= 0.3 is 5.97 Å². The van der Waals surface area contributed by atoms with Gasteiger partial charge in [-0.3, -0.25) is 58.1 Å². The van der Waals surface area contributed by atoms with E-state index in [1.165, 1.54) is 13.8 Å². The predicted octanol–water partition coefficient (Wildman–Crippen LogP) is -3.25. The summed E-state index contributed by atoms with van der Waals surface area (Å²) in [5.41, 5.74) is 6.34. The van der Waals surface area contributed by atoms with Gasteiger partial charge in [0.15, 0.2) is 5.96 Å². The molecule has 1 unspecified atom stereocenters. The summed E-state index contributed by atoms with van der Waals surface area (Å²) in [6.07, 6.45) is -0.561. The van der Waals surface area contributed by atoms with Gasteiger partial charge in [-0.15, -0.1) is 0 Å². The molecule has 0 saturated carbocycles. The minimum Gasteiger partial charge on any atom is -0.458 e. The van der Waals surface area contributed by atoms with Crippen LogP contribution < -0.4 is 69.5 Å². The molecule has 11 amide bonds. The number of carbonyl (C=O) groups excluding carboxylic acids is 12. The predicted molar refractivity (Wildman–Crippen MR) is 313 cm³/mol. The highest BCUT2D eigenvalue weighted by Crippen LogP contribution is 2.17. The van der Waals surface area contributed by atoms with E-state index in [9.17, 15) is 67.7 Å². The van der Waals surface area contributed by atoms with Gasteiger partial charge in [-0.25, -0.2) is 4.79 Å². The number of aliphatic hydroxyl groups excluding tert-OH is 2. The lowest BCUT2D eigenvalue weighted by atomic mass is 9.94. The van der Waals surface area contributed by atoms with Crippen molar-refractivity contribution >= 4 is 76.9 Å². The Balaban J connectivity index is 1.84. The van der Waals surface area contributed by atoms with E-state index >= 15 is 0 Å². The monoisotopic (exact) mass is 1210 g/mol. The van der Waals surface area contributed by atoms with Crippen LogP contribution in [0.3, 0.4) is 0 Å². The first kappa shape index (κ1) is 72.3. The number of benzene rings is 1. The zero-order valence-electron chi connectivity index (χ0n) is 50.9. The number of primary amides is 1. The zero-order valence-corrected chi connectivity index (χ0v) is 50.9. The number of hydrogen-bond donors (Lipinski definition) is 16. The third-order valence-electron chi connectivity index (χ3n) is 15.7. The zero-order chi connectivity index (χ0) is 64.5. The molecule has 2 fully saturated rings. The summed E-state index contributed by atoms with van der Waals surface area (Å²) in [5.74, 6) is -13.0. The lowest BCUT2D eigenvalue weighted by Crippen LogP contribution is -2.63. The normalized spacial score (nSPS) is 22.6. The van der Waals surface area contributed by atoms with Crippen molar-refractivity contribution in [1.82, 2.24) is 63.8 Å². The van der Waals surface area contributed by atoms with Crippen molar-refractivity contribution in [2.24, 2.45) is 29.4 Å². The summed E-state index contributed by atoms with van der Waals surface area (Å²) in [6, 6.07) is -5.98. The van der Waals surface area contributed by atoms with Gasteiger partial charge < -0.3 is 84.5 Å². The first-order chi connectivity index (χ1) is 40.6. The van der Waals surface area contributed by atoms with Gasteiger partial charge in [-0.1, -0.05) is 111 Å². The van der Waals surface area contributed by atoms with Gasteiger partial charge in [0.25, 0.3) is 0 Å². The number of rotatable bonds is 31. The Hall–Kier alpha value is -7.95. The molecule has 2 aliphatic rings. The molecule has 0 bridgehead atoms. The molecule has 0 spiro atoms. The van der Waals surface area contributed by atoms with Gasteiger partial charge in [0.1, 0.15) is 66.5 Å². The Morgan fingerprint density at radius 3 is 1.65 bits per heavy atom. The quantitative estimate of drug-likeness (QED) is 0.0325. The molecule has 1 aromatic rings. The summed E-state index contributed by atoms with van der Waals surface area (Å²) in [5, 5.41) is 59.7. The standard InChI is InChI=1S/C57H92N14O15/c1-11-28(5)42(67-41(75)23-20-34-18-16-15-17-19-34)52(81)65-38(26-72)50(79)63-36(21-22-40(58)74)48(77)68-44(30(7)13-3)54(83)69-43(29(6)12-2)53(82)66-39(27-73)51(80)71-46-33(10)86-56(85)45(31(8)14-4)70-49(78)37(24-35-25-60-57(59)62-35)64-47(76)32(9)61-55(46)84/h15-19,28-33,35-39,42-46,72-73H,11-14,20-27H2,1-10H3,(H2,58,74)(H,61,84)(H,63,79)(H,64,76)(H,65,81)(H,66,82)(H,67,75)(H,68,77)(H,69,83)(H,70,78)(H,71,80)(H3,59,60,62)/t28-,29-,30-,31-,32-,33-,35-,36+,37-,38-,39-,42-,43-,44+,45?,46+/m0/s1. The second-order valence-electron chi connectivity index (χ2n) is 22.3. The summed E-state index contributed by atoms with van der Waals surface area (Å²) in [7, 11) is 0. The number of aryl methyl sites for hydroxylation is 1. The maximum atomic E-state index is 14.4. The van der Waals surface area contributed by atoms with E-state index in [0.717, 1.165) is 5.56 Å². The van der Waals surface area contributed by atoms with Crippen molar-refractivity contribution in [3.05, 3.63) is 35.9 Å². The molecule has 17 N–H and O–H groups in total. The van der Waals surface area contributed by atoms with Crippen LogP contribution in [0.2, 0.25) is 0 Å². The molecule has 2 saturated heterocycles. The summed E-state index contributed by atoms with van der Waals surface area (Å²) in [6.45, 7) is 14.4. The van der Waals surface area contributed by atoms with Crippen LogP contribution in [0.5, 0.6) is 0 Å². The number of nitrogens with two attached hydrogens (primary N) is 1. The highest BCUT2D eigenvalue weighted by atomic mass is 16.5. The molecule has 2 heterocycles. The Kier molecular flexibility index (Phi) is 29.8. The number of guanidine groups is 1. The highest BCUT2D eigenvalue weighted by molar-refractivity contribution is 5.99. The van der Waals surface area contributed by atoms with Crippen molar-refractivity contribution in [1.29, 1.82) is 5.41 Å². The highest BCUT2D eigenvalue weighted by Gasteiger charge is 2.41. The molecular formula is C57H92N14O15. The van der Waals surface area contributed by atoms with E-state index in [2.05, 4.69) is 63.8 Å². The summed E-state index contributed by atoms with van der Waals surface area (Å²) in [4.78, 5) is 165. The van der Waals surface area contributed by atoms with E-state index in [4.69, 9.17) is 15.9 Å². The van der Waals surface area contributed by atoms with Crippen LogP contribution in [0, 0.1) is 29.1 Å². The number of amides is 11. The smallest absolute Gasteiger partial charge is 0.329 e. The van der Waals surface area contributed by atoms with E-state index in [0.29, 0.717) is 19.3 Å². The number of hydrogen-bond acceptors (Lipinski definition) is 16. The van der Waals surface area contributed by atoms with E-state index in [1.54, 1.807) is 55.4 Å². The topological polar surface area (TPSA) is 449 Å². The first-order valence-electron chi connectivity index (χ1n) is 29.5. The Bertz CT molecular complexity index is 2540. The van der Waals surface area contributed by atoms with Crippen LogP contribution >= 0.6 is 0 Å². The Morgan fingerprint density at radius 1 is 0.628 bits per heavy atom. The maximum absolute atomic E-state index is 14.4. The molecule has 3 rings (SSSR count). The fraction of sp³-hybridized carbons (Fsp3) is 0.667. The number of carbonyl (C=O) groups is 12. The van der Waals surface area contributed by atoms with Crippen LogP contribution in [0.4, 0.5) is 0 Å². The second kappa shape index (κ2) is 35.5. The molecule has 1 aromatic carbocycles. The molecule has 86 heavy (non-hydrogen) atoms. The molecule has 29 nitrogen and oxygen atoms in total. The summed E-state index contributed by atoms with van der Waals surface area (Å²) >= 11 is 0. The van der Waals surface area contributed by atoms with Crippen LogP contribution in [0.1, 0.15) is 126 Å². The van der Waals surface area contributed by atoms with E-state index in [-0.39, 0.29) is 38.2 Å². The van der Waals surface area contributed by atoms with Crippen LogP contribution in [-0.2, 0) is 68.7 Å². The number of aliphatic hydroxyl groups is 2. The number of ether oxygens (including phenoxy) is 1. The lowest BCUT2D eigenvalue weighted by molar-refractivity contribution is -0.157. The van der Waals surface area contributed by atoms with E-state index in [1.807, 2.05) is 30.3 Å². The van der Waals surface area contributed by atoms with Crippen molar-refractivity contribution in [3.63, 3.8) is 0 Å². The Morgan fingerprint density at radius 2 is 1.14 bits per heavy atom. The van der Waals surface area contributed by atoms with Gasteiger partial charge in [-0.2, -0.15) is 0 Å². The van der Waals surface area contributed by atoms with Crippen molar-refractivity contribution < 1.29 is 72.5 Å². The van der Waals surface area contributed by atoms with Crippen LogP contribution in [0.15, 0.2) is 30.3 Å². The minimum atomic E-state index is -1.82. The molecule has 2 aliphatic heterocycles. The average Bonchev–Trinajstić information content (AvgIpc) is 4.00. The molecular weight excluding hydrogens is 1120 g/mol. The first-order valence-corrected chi connectivity index (χ1v) is 29.5. The molecule has 0 radical (unpaired) electrons. The number of cyclic esters (lactones) is 1. The lowest BCUT2D eigenvalue weighted by Gasteiger charge is -2.31. The summed E-state index contributed by atoms with van der Waals surface area (Å²) < 4.78 is 5.72. The fourth-order valence-corrected chi connectivity index (χ4v) is 9.24. The van der Waals surface area contributed by atoms with Crippen LogP contribution in [-0.4, -0.2) is 179 Å². The van der Waals surface area contributed by atoms with Gasteiger partial charge in [0, 0.05) is 25.4 Å².